The molecule has 1 aromatic rings. The van der Waals surface area contributed by atoms with Gasteiger partial charge in [0.15, 0.2) is 18.3 Å². The Balaban J connectivity index is 1.81. The molecule has 0 amide bonds. The standard InChI is InChI=1S/C16H20F3NO4/c1-22-9-23-14-6-12(16(17,18)19)4-5-13(14)24-15-10-2-3-11(15)8-20(21)7-10/h4-6,10-11,15,21H,2-3,7-9H2,1H3/t10-,11-/m1/s1. The van der Waals surface area contributed by atoms with Crippen LogP contribution in [0, 0.1) is 11.8 Å². The number of benzene rings is 1. The molecule has 2 bridgehead atoms. The highest BCUT2D eigenvalue weighted by Crippen LogP contribution is 2.42. The predicted octanol–water partition coefficient (Wildman–Crippen LogP) is 3.17. The molecule has 24 heavy (non-hydrogen) atoms. The predicted molar refractivity (Wildman–Crippen MR) is 77.9 cm³/mol. The molecule has 0 unspecified atom stereocenters. The zero-order valence-electron chi connectivity index (χ0n) is 13.3. The highest BCUT2D eigenvalue weighted by atomic mass is 19.4. The first-order valence-corrected chi connectivity index (χ1v) is 7.82. The molecule has 1 aromatic carbocycles. The number of hydrogen-bond acceptors (Lipinski definition) is 5. The quantitative estimate of drug-likeness (QED) is 0.829. The maximum absolute atomic E-state index is 12.9. The zero-order valence-corrected chi connectivity index (χ0v) is 13.3. The van der Waals surface area contributed by atoms with Crippen LogP contribution in [0.25, 0.3) is 0 Å². The molecule has 2 atom stereocenters. The number of halogens is 3. The monoisotopic (exact) mass is 347 g/mol. The van der Waals surface area contributed by atoms with Gasteiger partial charge in [-0.15, -0.1) is 0 Å². The van der Waals surface area contributed by atoms with Crippen LogP contribution in [0.4, 0.5) is 13.2 Å². The summed E-state index contributed by atoms with van der Waals surface area (Å²) in [5.41, 5.74) is -0.797. The van der Waals surface area contributed by atoms with Crippen molar-refractivity contribution >= 4 is 0 Å². The molecule has 134 valence electrons. The van der Waals surface area contributed by atoms with E-state index < -0.39 is 11.7 Å². The molecule has 0 aromatic heterocycles. The third kappa shape index (κ3) is 3.60. The lowest BCUT2D eigenvalue weighted by molar-refractivity contribution is -0.144. The number of hydroxylamine groups is 2. The van der Waals surface area contributed by atoms with E-state index in [-0.39, 0.29) is 36.2 Å². The normalized spacial score (nSPS) is 27.3. The molecule has 0 radical (unpaired) electrons. The second kappa shape index (κ2) is 6.78. The summed E-state index contributed by atoms with van der Waals surface area (Å²) in [6, 6.07) is 3.20. The molecule has 2 fully saturated rings. The van der Waals surface area contributed by atoms with Gasteiger partial charge in [0.25, 0.3) is 0 Å². The van der Waals surface area contributed by atoms with Gasteiger partial charge < -0.3 is 19.4 Å². The molecular weight excluding hydrogens is 327 g/mol. The lowest BCUT2D eigenvalue weighted by atomic mass is 9.96. The molecule has 0 spiro atoms. The van der Waals surface area contributed by atoms with Crippen LogP contribution >= 0.6 is 0 Å². The van der Waals surface area contributed by atoms with Crippen LogP contribution in [0.15, 0.2) is 18.2 Å². The molecule has 1 aliphatic carbocycles. The van der Waals surface area contributed by atoms with Crippen LogP contribution in [0.3, 0.4) is 0 Å². The van der Waals surface area contributed by atoms with Crippen molar-refractivity contribution in [3.05, 3.63) is 23.8 Å². The Morgan fingerprint density at radius 1 is 1.17 bits per heavy atom. The van der Waals surface area contributed by atoms with Crippen LogP contribution in [0.1, 0.15) is 18.4 Å². The molecular formula is C16H20F3NO4. The summed E-state index contributed by atoms with van der Waals surface area (Å²) in [6.07, 6.45) is -2.72. The molecule has 1 aliphatic heterocycles. The van der Waals surface area contributed by atoms with E-state index in [1.165, 1.54) is 18.2 Å². The highest BCUT2D eigenvalue weighted by molar-refractivity contribution is 5.44. The van der Waals surface area contributed by atoms with Gasteiger partial charge in [-0.25, -0.2) is 0 Å². The lowest BCUT2D eigenvalue weighted by Gasteiger charge is -2.35. The SMILES string of the molecule is COCOc1cc(C(F)(F)F)ccc1OC1[C@@H]2CC[C@@H]1CN(O)C2. The van der Waals surface area contributed by atoms with E-state index in [0.717, 1.165) is 25.0 Å². The molecule has 1 N–H and O–H groups in total. The number of ether oxygens (including phenoxy) is 3. The molecule has 1 saturated heterocycles. The van der Waals surface area contributed by atoms with Crippen LogP contribution in [-0.4, -0.2) is 43.4 Å². The summed E-state index contributed by atoms with van der Waals surface area (Å²) >= 11 is 0. The van der Waals surface area contributed by atoms with Gasteiger partial charge >= 0.3 is 6.18 Å². The van der Waals surface area contributed by atoms with E-state index in [4.69, 9.17) is 14.2 Å². The molecule has 8 heteroatoms. The van der Waals surface area contributed by atoms with E-state index in [0.29, 0.717) is 13.1 Å². The number of methoxy groups -OCH3 is 1. The molecule has 1 heterocycles. The zero-order chi connectivity index (χ0) is 17.3. The first-order chi connectivity index (χ1) is 11.4. The summed E-state index contributed by atoms with van der Waals surface area (Å²) in [6.45, 7) is 0.853. The van der Waals surface area contributed by atoms with Crippen molar-refractivity contribution in [1.82, 2.24) is 5.06 Å². The highest BCUT2D eigenvalue weighted by Gasteiger charge is 2.44. The Morgan fingerprint density at radius 3 is 2.42 bits per heavy atom. The Morgan fingerprint density at radius 2 is 1.83 bits per heavy atom. The summed E-state index contributed by atoms with van der Waals surface area (Å²) in [5, 5.41) is 11.0. The van der Waals surface area contributed by atoms with Crippen molar-refractivity contribution in [2.45, 2.75) is 25.1 Å². The number of rotatable bonds is 5. The average molecular weight is 347 g/mol. The summed E-state index contributed by atoms with van der Waals surface area (Å²) in [4.78, 5) is 0. The maximum atomic E-state index is 12.9. The molecule has 3 rings (SSSR count). The van der Waals surface area contributed by atoms with Gasteiger partial charge in [-0.2, -0.15) is 18.2 Å². The largest absolute Gasteiger partial charge is 0.486 e. The topological polar surface area (TPSA) is 51.2 Å². The Labute approximate surface area is 137 Å². The van der Waals surface area contributed by atoms with Crippen LogP contribution in [0.2, 0.25) is 0 Å². The molecule has 5 nitrogen and oxygen atoms in total. The molecule has 1 saturated carbocycles. The van der Waals surface area contributed by atoms with E-state index in [2.05, 4.69) is 0 Å². The number of fused-ring (bicyclic) bond motifs is 2. The number of piperidine rings is 1. The van der Waals surface area contributed by atoms with Gasteiger partial charge in [-0.1, -0.05) is 0 Å². The number of nitrogens with zero attached hydrogens (tertiary/aromatic N) is 1. The van der Waals surface area contributed by atoms with Crippen LogP contribution in [-0.2, 0) is 10.9 Å². The fourth-order valence-electron chi connectivity index (χ4n) is 3.50. The van der Waals surface area contributed by atoms with Gasteiger partial charge in [-0.3, -0.25) is 0 Å². The smallest absolute Gasteiger partial charge is 0.416 e. The Bertz CT molecular complexity index is 567. The van der Waals surface area contributed by atoms with Gasteiger partial charge in [0.1, 0.15) is 6.10 Å². The summed E-state index contributed by atoms with van der Waals surface area (Å²) in [5.74, 6) is 0.600. The van der Waals surface area contributed by atoms with E-state index in [1.54, 1.807) is 0 Å². The van der Waals surface area contributed by atoms with Crippen molar-refractivity contribution < 1.29 is 32.6 Å². The fourth-order valence-corrected chi connectivity index (χ4v) is 3.50. The number of alkyl halides is 3. The Kier molecular flexibility index (Phi) is 4.89. The van der Waals surface area contributed by atoms with Crippen LogP contribution in [0.5, 0.6) is 11.5 Å². The van der Waals surface area contributed by atoms with Crippen molar-refractivity contribution in [1.29, 1.82) is 0 Å². The van der Waals surface area contributed by atoms with Gasteiger partial charge in [0.05, 0.1) is 5.56 Å². The van der Waals surface area contributed by atoms with Crippen LogP contribution < -0.4 is 9.47 Å². The van der Waals surface area contributed by atoms with Crippen molar-refractivity contribution in [3.8, 4) is 11.5 Å². The first kappa shape index (κ1) is 17.3. The van der Waals surface area contributed by atoms with Gasteiger partial charge in [0, 0.05) is 32.0 Å². The minimum Gasteiger partial charge on any atom is -0.486 e. The van der Waals surface area contributed by atoms with Crippen molar-refractivity contribution in [2.75, 3.05) is 27.0 Å². The van der Waals surface area contributed by atoms with Crippen molar-refractivity contribution in [3.63, 3.8) is 0 Å². The van der Waals surface area contributed by atoms with E-state index >= 15 is 0 Å². The lowest BCUT2D eigenvalue weighted by Crippen LogP contribution is -2.45. The summed E-state index contributed by atoms with van der Waals surface area (Å²) < 4.78 is 54.7. The fraction of sp³-hybridized carbons (Fsp3) is 0.625. The van der Waals surface area contributed by atoms with Crippen molar-refractivity contribution in [2.24, 2.45) is 11.8 Å². The number of hydrogen-bond donors (Lipinski definition) is 1. The first-order valence-electron chi connectivity index (χ1n) is 7.82. The Hall–Kier alpha value is -1.51. The average Bonchev–Trinajstić information content (AvgIpc) is 2.76. The third-order valence-electron chi connectivity index (χ3n) is 4.59. The van der Waals surface area contributed by atoms with E-state index in [9.17, 15) is 18.4 Å². The van der Waals surface area contributed by atoms with Gasteiger partial charge in [-0.05, 0) is 31.0 Å². The second-order valence-corrected chi connectivity index (χ2v) is 6.26. The second-order valence-electron chi connectivity index (χ2n) is 6.26. The minimum absolute atomic E-state index is 0.0116. The summed E-state index contributed by atoms with van der Waals surface area (Å²) in [7, 11) is 1.39. The molecule has 2 aliphatic rings. The van der Waals surface area contributed by atoms with Gasteiger partial charge in [0.2, 0.25) is 0 Å². The maximum Gasteiger partial charge on any atom is 0.416 e. The third-order valence-corrected chi connectivity index (χ3v) is 4.59. The minimum atomic E-state index is -4.45. The van der Waals surface area contributed by atoms with E-state index in [1.807, 2.05) is 0 Å².